The lowest BCUT2D eigenvalue weighted by Crippen LogP contribution is -2.30. The van der Waals surface area contributed by atoms with E-state index in [1.807, 2.05) is 0 Å². The molecule has 0 amide bonds. The van der Waals surface area contributed by atoms with E-state index >= 15 is 0 Å². The van der Waals surface area contributed by atoms with E-state index in [0.717, 1.165) is 0 Å². The van der Waals surface area contributed by atoms with E-state index in [-0.39, 0.29) is 18.8 Å². The third-order valence-corrected chi connectivity index (χ3v) is 2.89. The first-order chi connectivity index (χ1) is 6.55. The van der Waals surface area contributed by atoms with Crippen molar-refractivity contribution in [3.8, 4) is 12.3 Å². The standard InChI is InChI=1S/C11H16F2O/c1-2-3-4-10(14)9-5-7-11(12,13)8-6-9/h1,9-10,14H,3-8H2. The quantitative estimate of drug-likeness (QED) is 0.697. The van der Waals surface area contributed by atoms with Crippen LogP contribution in [0.1, 0.15) is 38.5 Å². The van der Waals surface area contributed by atoms with Gasteiger partial charge in [-0.05, 0) is 25.2 Å². The third kappa shape index (κ3) is 3.26. The number of aliphatic hydroxyl groups is 1. The summed E-state index contributed by atoms with van der Waals surface area (Å²) in [4.78, 5) is 0. The molecule has 1 unspecified atom stereocenters. The van der Waals surface area contributed by atoms with Gasteiger partial charge in [-0.25, -0.2) is 8.78 Å². The fourth-order valence-corrected chi connectivity index (χ4v) is 1.91. The highest BCUT2D eigenvalue weighted by Crippen LogP contribution is 2.38. The van der Waals surface area contributed by atoms with E-state index in [0.29, 0.717) is 25.7 Å². The lowest BCUT2D eigenvalue weighted by Gasteiger charge is -2.31. The van der Waals surface area contributed by atoms with E-state index in [1.165, 1.54) is 0 Å². The second-order valence-electron chi connectivity index (χ2n) is 4.00. The maximum atomic E-state index is 12.8. The largest absolute Gasteiger partial charge is 0.393 e. The second-order valence-corrected chi connectivity index (χ2v) is 4.00. The minimum atomic E-state index is -2.51. The van der Waals surface area contributed by atoms with Gasteiger partial charge in [-0.15, -0.1) is 12.3 Å². The Balaban J connectivity index is 2.31. The Morgan fingerprint density at radius 1 is 1.43 bits per heavy atom. The smallest absolute Gasteiger partial charge is 0.248 e. The molecular formula is C11H16F2O. The summed E-state index contributed by atoms with van der Waals surface area (Å²) >= 11 is 0. The summed E-state index contributed by atoms with van der Waals surface area (Å²) in [6, 6.07) is 0. The van der Waals surface area contributed by atoms with Crippen molar-refractivity contribution in [1.82, 2.24) is 0 Å². The molecule has 0 bridgehead atoms. The third-order valence-electron chi connectivity index (χ3n) is 2.89. The van der Waals surface area contributed by atoms with Crippen LogP contribution in [0.3, 0.4) is 0 Å². The molecular weight excluding hydrogens is 186 g/mol. The minimum Gasteiger partial charge on any atom is -0.393 e. The van der Waals surface area contributed by atoms with Crippen LogP contribution in [0.25, 0.3) is 0 Å². The van der Waals surface area contributed by atoms with Crippen LogP contribution in [-0.4, -0.2) is 17.1 Å². The van der Waals surface area contributed by atoms with Crippen molar-refractivity contribution in [3.05, 3.63) is 0 Å². The first-order valence-corrected chi connectivity index (χ1v) is 5.04. The molecule has 1 nitrogen and oxygen atoms in total. The average molecular weight is 202 g/mol. The number of aliphatic hydroxyl groups excluding tert-OH is 1. The molecule has 1 aliphatic rings. The Labute approximate surface area is 83.5 Å². The molecule has 1 aliphatic carbocycles. The number of hydrogen-bond acceptors (Lipinski definition) is 1. The molecule has 0 radical (unpaired) electrons. The van der Waals surface area contributed by atoms with Gasteiger partial charge in [0.2, 0.25) is 5.92 Å². The lowest BCUT2D eigenvalue weighted by molar-refractivity contribution is -0.0627. The molecule has 14 heavy (non-hydrogen) atoms. The fourth-order valence-electron chi connectivity index (χ4n) is 1.91. The number of hydrogen-bond donors (Lipinski definition) is 1. The molecule has 1 atom stereocenters. The molecule has 1 fully saturated rings. The Bertz CT molecular complexity index is 210. The monoisotopic (exact) mass is 202 g/mol. The second kappa shape index (κ2) is 4.75. The van der Waals surface area contributed by atoms with Crippen molar-refractivity contribution < 1.29 is 13.9 Å². The maximum Gasteiger partial charge on any atom is 0.248 e. The van der Waals surface area contributed by atoms with Gasteiger partial charge in [0.25, 0.3) is 0 Å². The molecule has 3 heteroatoms. The Hall–Kier alpha value is -0.620. The highest BCUT2D eigenvalue weighted by Gasteiger charge is 2.36. The molecule has 0 aromatic rings. The minimum absolute atomic E-state index is 0.0166. The van der Waals surface area contributed by atoms with E-state index < -0.39 is 12.0 Å². The van der Waals surface area contributed by atoms with Crippen LogP contribution in [0.2, 0.25) is 0 Å². The van der Waals surface area contributed by atoms with Gasteiger partial charge in [-0.1, -0.05) is 0 Å². The van der Waals surface area contributed by atoms with Crippen molar-refractivity contribution in [3.63, 3.8) is 0 Å². The highest BCUT2D eigenvalue weighted by atomic mass is 19.3. The number of rotatable bonds is 3. The van der Waals surface area contributed by atoms with Gasteiger partial charge in [0.1, 0.15) is 0 Å². The van der Waals surface area contributed by atoms with Gasteiger partial charge in [0, 0.05) is 19.3 Å². The normalized spacial score (nSPS) is 24.1. The topological polar surface area (TPSA) is 20.2 Å². The van der Waals surface area contributed by atoms with Crippen molar-refractivity contribution in [2.45, 2.75) is 50.6 Å². The molecule has 0 saturated heterocycles. The fraction of sp³-hybridized carbons (Fsp3) is 0.818. The maximum absolute atomic E-state index is 12.8. The van der Waals surface area contributed by atoms with Gasteiger partial charge in [0.15, 0.2) is 0 Å². The van der Waals surface area contributed by atoms with E-state index in [2.05, 4.69) is 5.92 Å². The van der Waals surface area contributed by atoms with Gasteiger partial charge >= 0.3 is 0 Å². The summed E-state index contributed by atoms with van der Waals surface area (Å²) in [5, 5.41) is 9.63. The molecule has 1 saturated carbocycles. The van der Waals surface area contributed by atoms with Crippen molar-refractivity contribution in [2.75, 3.05) is 0 Å². The van der Waals surface area contributed by atoms with E-state index in [9.17, 15) is 13.9 Å². The zero-order valence-corrected chi connectivity index (χ0v) is 8.18. The summed E-state index contributed by atoms with van der Waals surface area (Å²) in [7, 11) is 0. The van der Waals surface area contributed by atoms with Gasteiger partial charge in [-0.2, -0.15) is 0 Å². The van der Waals surface area contributed by atoms with Crippen LogP contribution in [0, 0.1) is 18.3 Å². The summed E-state index contributed by atoms with van der Waals surface area (Å²) in [6.45, 7) is 0. The van der Waals surface area contributed by atoms with Gasteiger partial charge in [0.05, 0.1) is 6.10 Å². The molecule has 0 aromatic heterocycles. The molecule has 0 aliphatic heterocycles. The van der Waals surface area contributed by atoms with E-state index in [1.54, 1.807) is 0 Å². The van der Waals surface area contributed by atoms with Crippen LogP contribution in [-0.2, 0) is 0 Å². The van der Waals surface area contributed by atoms with E-state index in [4.69, 9.17) is 6.42 Å². The number of halogens is 2. The van der Waals surface area contributed by atoms with Crippen molar-refractivity contribution in [2.24, 2.45) is 5.92 Å². The Morgan fingerprint density at radius 3 is 2.50 bits per heavy atom. The summed E-state index contributed by atoms with van der Waals surface area (Å²) < 4.78 is 25.6. The number of alkyl halides is 2. The SMILES string of the molecule is C#CCCC(O)C1CCC(F)(F)CC1. The Morgan fingerprint density at radius 2 is 2.00 bits per heavy atom. The predicted octanol–water partition coefficient (Wildman–Crippen LogP) is 2.59. The summed E-state index contributed by atoms with van der Waals surface area (Å²) in [5.41, 5.74) is 0. The van der Waals surface area contributed by atoms with Crippen LogP contribution < -0.4 is 0 Å². The predicted molar refractivity (Wildman–Crippen MR) is 51.0 cm³/mol. The van der Waals surface area contributed by atoms with Crippen LogP contribution in [0.15, 0.2) is 0 Å². The van der Waals surface area contributed by atoms with Crippen LogP contribution in [0.5, 0.6) is 0 Å². The highest BCUT2D eigenvalue weighted by molar-refractivity contribution is 4.87. The molecule has 0 aromatic carbocycles. The molecule has 1 rings (SSSR count). The lowest BCUT2D eigenvalue weighted by atomic mass is 9.82. The molecule has 0 heterocycles. The van der Waals surface area contributed by atoms with Gasteiger partial charge < -0.3 is 5.11 Å². The Kier molecular flexibility index (Phi) is 3.88. The first kappa shape index (κ1) is 11.5. The number of terminal acetylenes is 1. The van der Waals surface area contributed by atoms with Gasteiger partial charge in [-0.3, -0.25) is 0 Å². The average Bonchev–Trinajstić information content (AvgIpc) is 2.14. The van der Waals surface area contributed by atoms with Crippen LogP contribution >= 0.6 is 0 Å². The molecule has 80 valence electrons. The molecule has 0 spiro atoms. The summed E-state index contributed by atoms with van der Waals surface area (Å²) in [6.07, 6.45) is 6.27. The van der Waals surface area contributed by atoms with Crippen LogP contribution in [0.4, 0.5) is 8.78 Å². The van der Waals surface area contributed by atoms with Crippen molar-refractivity contribution in [1.29, 1.82) is 0 Å². The zero-order valence-electron chi connectivity index (χ0n) is 8.18. The first-order valence-electron chi connectivity index (χ1n) is 5.04. The summed E-state index contributed by atoms with van der Waals surface area (Å²) in [5.74, 6) is -0.0491. The van der Waals surface area contributed by atoms with Crippen molar-refractivity contribution >= 4 is 0 Å². The zero-order chi connectivity index (χ0) is 10.6. The molecule has 1 N–H and O–H groups in total.